The summed E-state index contributed by atoms with van der Waals surface area (Å²) in [5.74, 6) is 2.74. The van der Waals surface area contributed by atoms with Gasteiger partial charge in [0.05, 0.1) is 0 Å². The maximum atomic E-state index is 3.61. The molecular weight excluding hydrogens is 256 g/mol. The lowest BCUT2D eigenvalue weighted by atomic mass is 9.75. The van der Waals surface area contributed by atoms with Gasteiger partial charge in [-0.1, -0.05) is 43.5 Å². The smallest absolute Gasteiger partial charge is 0.0208 e. The second kappa shape index (κ2) is 6.10. The SMILES string of the molecule is c1ccc2c(c1)CNCC2CN1CCC2CCCCC2C1. The molecule has 1 aliphatic carbocycles. The van der Waals surface area contributed by atoms with Gasteiger partial charge in [-0.3, -0.25) is 0 Å². The Hall–Kier alpha value is -0.860. The summed E-state index contributed by atoms with van der Waals surface area (Å²) >= 11 is 0. The molecule has 1 saturated heterocycles. The molecule has 2 nitrogen and oxygen atoms in total. The number of rotatable bonds is 2. The zero-order valence-corrected chi connectivity index (χ0v) is 13.1. The van der Waals surface area contributed by atoms with Crippen LogP contribution < -0.4 is 5.32 Å². The summed E-state index contributed by atoms with van der Waals surface area (Å²) in [6, 6.07) is 9.04. The first-order chi connectivity index (χ1) is 10.4. The van der Waals surface area contributed by atoms with Crippen molar-refractivity contribution < 1.29 is 0 Å². The monoisotopic (exact) mass is 284 g/mol. The van der Waals surface area contributed by atoms with Crippen LogP contribution in [0.15, 0.2) is 24.3 Å². The highest BCUT2D eigenvalue weighted by Crippen LogP contribution is 2.37. The van der Waals surface area contributed by atoms with Crippen molar-refractivity contribution in [2.75, 3.05) is 26.2 Å². The highest BCUT2D eigenvalue weighted by Gasteiger charge is 2.32. The Balaban J connectivity index is 1.43. The van der Waals surface area contributed by atoms with Crippen LogP contribution in [-0.2, 0) is 6.54 Å². The summed E-state index contributed by atoms with van der Waals surface area (Å²) < 4.78 is 0. The number of fused-ring (bicyclic) bond motifs is 2. The molecule has 0 spiro atoms. The Morgan fingerprint density at radius 2 is 1.90 bits per heavy atom. The van der Waals surface area contributed by atoms with E-state index in [2.05, 4.69) is 34.5 Å². The maximum absolute atomic E-state index is 3.61. The molecule has 3 unspecified atom stereocenters. The van der Waals surface area contributed by atoms with Crippen molar-refractivity contribution in [3.05, 3.63) is 35.4 Å². The van der Waals surface area contributed by atoms with E-state index in [9.17, 15) is 0 Å². The number of hydrogen-bond donors (Lipinski definition) is 1. The van der Waals surface area contributed by atoms with Gasteiger partial charge in [0, 0.05) is 32.1 Å². The number of nitrogens with zero attached hydrogens (tertiary/aromatic N) is 1. The van der Waals surface area contributed by atoms with E-state index < -0.39 is 0 Å². The molecule has 3 aliphatic rings. The average molecular weight is 284 g/mol. The first-order valence-corrected chi connectivity index (χ1v) is 8.91. The van der Waals surface area contributed by atoms with E-state index in [4.69, 9.17) is 0 Å². The summed E-state index contributed by atoms with van der Waals surface area (Å²) in [4.78, 5) is 2.76. The second-order valence-corrected chi connectivity index (χ2v) is 7.38. The fourth-order valence-electron chi connectivity index (χ4n) is 4.90. The Labute approximate surface area is 128 Å². The first-order valence-electron chi connectivity index (χ1n) is 8.91. The molecule has 0 aromatic heterocycles. The predicted molar refractivity (Wildman–Crippen MR) is 87.4 cm³/mol. The maximum Gasteiger partial charge on any atom is 0.0208 e. The van der Waals surface area contributed by atoms with Crippen molar-refractivity contribution in [1.82, 2.24) is 10.2 Å². The van der Waals surface area contributed by atoms with Crippen molar-refractivity contribution in [2.24, 2.45) is 11.8 Å². The zero-order valence-electron chi connectivity index (χ0n) is 13.1. The van der Waals surface area contributed by atoms with Crippen molar-refractivity contribution in [3.63, 3.8) is 0 Å². The van der Waals surface area contributed by atoms with Gasteiger partial charge in [0.1, 0.15) is 0 Å². The van der Waals surface area contributed by atoms with Gasteiger partial charge in [0.15, 0.2) is 0 Å². The van der Waals surface area contributed by atoms with Gasteiger partial charge in [-0.25, -0.2) is 0 Å². The number of benzene rings is 1. The molecule has 2 heteroatoms. The molecule has 3 atom stereocenters. The number of likely N-dealkylation sites (tertiary alicyclic amines) is 1. The third kappa shape index (κ3) is 2.89. The molecule has 1 aromatic rings. The van der Waals surface area contributed by atoms with E-state index in [0.29, 0.717) is 5.92 Å². The Bertz CT molecular complexity index is 484. The van der Waals surface area contributed by atoms with Crippen molar-refractivity contribution in [2.45, 2.75) is 44.6 Å². The van der Waals surface area contributed by atoms with Crippen LogP contribution >= 0.6 is 0 Å². The molecule has 21 heavy (non-hydrogen) atoms. The minimum atomic E-state index is 0.690. The first kappa shape index (κ1) is 13.8. The molecule has 1 N–H and O–H groups in total. The molecule has 0 radical (unpaired) electrons. The quantitative estimate of drug-likeness (QED) is 0.895. The molecule has 0 amide bonds. The Morgan fingerprint density at radius 1 is 1.05 bits per heavy atom. The van der Waals surface area contributed by atoms with Gasteiger partial charge in [0.2, 0.25) is 0 Å². The molecule has 4 rings (SSSR count). The van der Waals surface area contributed by atoms with Crippen LogP contribution in [0.2, 0.25) is 0 Å². The molecule has 114 valence electrons. The molecule has 0 bridgehead atoms. The van der Waals surface area contributed by atoms with E-state index in [1.54, 1.807) is 5.56 Å². The van der Waals surface area contributed by atoms with E-state index in [1.165, 1.54) is 57.3 Å². The molecule has 2 aliphatic heterocycles. The van der Waals surface area contributed by atoms with Crippen LogP contribution in [0.1, 0.15) is 49.1 Å². The fourth-order valence-corrected chi connectivity index (χ4v) is 4.90. The largest absolute Gasteiger partial charge is 0.312 e. The number of nitrogens with one attached hydrogen (secondary N) is 1. The standard InChI is InChI=1S/C19H28N2/c1-2-7-17-13-21(10-9-15(17)5-1)14-18-12-20-11-16-6-3-4-8-19(16)18/h3-4,6,8,15,17-18,20H,1-2,5,7,9-14H2. The normalized spacial score (nSPS) is 33.2. The van der Waals surface area contributed by atoms with Gasteiger partial charge >= 0.3 is 0 Å². The van der Waals surface area contributed by atoms with Gasteiger partial charge in [-0.2, -0.15) is 0 Å². The minimum Gasteiger partial charge on any atom is -0.312 e. The Kier molecular flexibility index (Phi) is 4.00. The van der Waals surface area contributed by atoms with Crippen LogP contribution in [0.4, 0.5) is 0 Å². The highest BCUT2D eigenvalue weighted by molar-refractivity contribution is 5.32. The topological polar surface area (TPSA) is 15.3 Å². The third-order valence-electron chi connectivity index (χ3n) is 6.06. The van der Waals surface area contributed by atoms with E-state index >= 15 is 0 Å². The fraction of sp³-hybridized carbons (Fsp3) is 0.684. The van der Waals surface area contributed by atoms with Crippen molar-refractivity contribution in [3.8, 4) is 0 Å². The van der Waals surface area contributed by atoms with Crippen LogP contribution in [0.25, 0.3) is 0 Å². The Morgan fingerprint density at radius 3 is 2.86 bits per heavy atom. The molecular formula is C19H28N2. The van der Waals surface area contributed by atoms with Crippen LogP contribution in [0.5, 0.6) is 0 Å². The van der Waals surface area contributed by atoms with Gasteiger partial charge in [-0.15, -0.1) is 0 Å². The van der Waals surface area contributed by atoms with Gasteiger partial charge in [0.25, 0.3) is 0 Å². The van der Waals surface area contributed by atoms with E-state index in [0.717, 1.165) is 24.9 Å². The van der Waals surface area contributed by atoms with Crippen molar-refractivity contribution >= 4 is 0 Å². The predicted octanol–water partition coefficient (Wildman–Crippen LogP) is 3.39. The summed E-state index contributed by atoms with van der Waals surface area (Å²) in [5, 5.41) is 3.61. The number of piperidine rings is 1. The summed E-state index contributed by atoms with van der Waals surface area (Å²) in [5.41, 5.74) is 3.11. The van der Waals surface area contributed by atoms with Gasteiger partial charge in [-0.05, 0) is 42.3 Å². The molecule has 1 saturated carbocycles. The lowest BCUT2D eigenvalue weighted by molar-refractivity contribution is 0.0817. The molecule has 2 fully saturated rings. The van der Waals surface area contributed by atoms with Gasteiger partial charge < -0.3 is 10.2 Å². The zero-order chi connectivity index (χ0) is 14.1. The molecule has 2 heterocycles. The summed E-state index contributed by atoms with van der Waals surface area (Å²) in [7, 11) is 0. The lowest BCUT2D eigenvalue weighted by Gasteiger charge is -2.43. The number of hydrogen-bond acceptors (Lipinski definition) is 2. The van der Waals surface area contributed by atoms with Crippen molar-refractivity contribution in [1.29, 1.82) is 0 Å². The second-order valence-electron chi connectivity index (χ2n) is 7.38. The minimum absolute atomic E-state index is 0.690. The van der Waals surface area contributed by atoms with Crippen LogP contribution in [-0.4, -0.2) is 31.1 Å². The third-order valence-corrected chi connectivity index (χ3v) is 6.06. The van der Waals surface area contributed by atoms with Crippen LogP contribution in [0, 0.1) is 11.8 Å². The van der Waals surface area contributed by atoms with E-state index in [-0.39, 0.29) is 0 Å². The molecule has 1 aromatic carbocycles. The lowest BCUT2D eigenvalue weighted by Crippen LogP contribution is -2.45. The highest BCUT2D eigenvalue weighted by atomic mass is 15.1. The average Bonchev–Trinajstić information content (AvgIpc) is 2.55. The van der Waals surface area contributed by atoms with E-state index in [1.807, 2.05) is 0 Å². The summed E-state index contributed by atoms with van der Waals surface area (Å²) in [6.07, 6.45) is 7.41. The van der Waals surface area contributed by atoms with Crippen LogP contribution in [0.3, 0.4) is 0 Å². The summed E-state index contributed by atoms with van der Waals surface area (Å²) in [6.45, 7) is 6.16.